The van der Waals surface area contributed by atoms with Gasteiger partial charge in [-0.05, 0) is 38.8 Å². The van der Waals surface area contributed by atoms with Gasteiger partial charge in [0.15, 0.2) is 0 Å². The molecule has 19 nitrogen and oxygen atoms in total. The van der Waals surface area contributed by atoms with Gasteiger partial charge in [0.05, 0.1) is 17.2 Å². The third-order valence-corrected chi connectivity index (χ3v) is 10.7. The molecule has 5 rings (SSSR count). The van der Waals surface area contributed by atoms with Gasteiger partial charge >= 0.3 is 5.97 Å². The van der Waals surface area contributed by atoms with Crippen LogP contribution in [-0.2, 0) is 44.8 Å². The second-order valence-electron chi connectivity index (χ2n) is 13.7. The number of aromatic nitrogens is 1. The summed E-state index contributed by atoms with van der Waals surface area (Å²) in [7, 11) is 0. The average molecular weight is 773 g/mol. The van der Waals surface area contributed by atoms with E-state index in [4.69, 9.17) is 0 Å². The van der Waals surface area contributed by atoms with E-state index in [1.54, 1.807) is 24.3 Å². The number of aliphatic hydroxyl groups is 2. The number of thioether (sulfide) groups is 1. The molecule has 54 heavy (non-hydrogen) atoms. The van der Waals surface area contributed by atoms with Crippen molar-refractivity contribution >= 4 is 70.0 Å². The molecule has 2 unspecified atom stereocenters. The first-order valence-electron chi connectivity index (χ1n) is 17.5. The lowest BCUT2D eigenvalue weighted by Gasteiger charge is -2.30. The molecule has 9 atom stereocenters. The van der Waals surface area contributed by atoms with Crippen LogP contribution >= 0.6 is 11.8 Å². The molecule has 20 heteroatoms. The number of benzene rings is 1. The van der Waals surface area contributed by atoms with Crippen molar-refractivity contribution in [2.45, 2.75) is 106 Å². The number of hydrogen-bond donors (Lipinski definition) is 10. The van der Waals surface area contributed by atoms with Crippen molar-refractivity contribution in [1.29, 1.82) is 0 Å². The second-order valence-corrected chi connectivity index (χ2v) is 14.7. The Balaban J connectivity index is 1.67. The number of carboxylic acids is 1. The predicted molar refractivity (Wildman–Crippen MR) is 190 cm³/mol. The zero-order chi connectivity index (χ0) is 39.4. The summed E-state index contributed by atoms with van der Waals surface area (Å²) in [5.74, 6) is -7.52. The molecule has 0 spiro atoms. The lowest BCUT2D eigenvalue weighted by molar-refractivity contribution is -0.142. The quantitative estimate of drug-likeness (QED) is 0.149. The lowest BCUT2D eigenvalue weighted by Crippen LogP contribution is -2.61. The number of fused-ring (bicyclic) bond motifs is 5. The second kappa shape index (κ2) is 16.9. The van der Waals surface area contributed by atoms with E-state index >= 15 is 0 Å². The van der Waals surface area contributed by atoms with E-state index in [2.05, 4.69) is 36.9 Å². The maximum Gasteiger partial charge on any atom is 0.303 e. The maximum atomic E-state index is 14.3. The SMILES string of the molecule is CC(O)[C@H]1NC(=O)[C@H](C)NC(=O)[C@H](CCC(=O)O)NC(=O)C2Cc3c([nH]c4ccccc34)SC[C@H](NC1=O)C(=O)N1C[C@@H](O)C[C@H]1C(=O)N[C@@H](C)C(=O)N2. The topological polar surface area (TPSA) is 288 Å². The number of H-pyrrole nitrogens is 1. The van der Waals surface area contributed by atoms with Gasteiger partial charge in [-0.1, -0.05) is 18.2 Å². The van der Waals surface area contributed by atoms with E-state index in [0.29, 0.717) is 21.5 Å². The highest BCUT2D eigenvalue weighted by Crippen LogP contribution is 2.32. The summed E-state index contributed by atoms with van der Waals surface area (Å²) in [6.45, 7) is 3.58. The molecule has 0 aliphatic carbocycles. The summed E-state index contributed by atoms with van der Waals surface area (Å²) in [6.07, 6.45) is -3.95. The number of para-hydroxylation sites is 1. The number of aliphatic carboxylic acids is 1. The van der Waals surface area contributed by atoms with Crippen LogP contribution in [0.2, 0.25) is 0 Å². The van der Waals surface area contributed by atoms with Crippen molar-refractivity contribution in [1.82, 2.24) is 41.8 Å². The first-order valence-corrected chi connectivity index (χ1v) is 18.5. The Morgan fingerprint density at radius 3 is 2.19 bits per heavy atom. The van der Waals surface area contributed by atoms with Gasteiger partial charge in [0.2, 0.25) is 41.4 Å². The smallest absolute Gasteiger partial charge is 0.303 e. The van der Waals surface area contributed by atoms with Gasteiger partial charge in [-0.2, -0.15) is 0 Å². The van der Waals surface area contributed by atoms with E-state index in [9.17, 15) is 53.7 Å². The fraction of sp³-hybridized carbons (Fsp3) is 0.529. The van der Waals surface area contributed by atoms with E-state index in [1.165, 1.54) is 20.8 Å². The largest absolute Gasteiger partial charge is 0.481 e. The Bertz CT molecular complexity index is 1840. The van der Waals surface area contributed by atoms with Gasteiger partial charge in [-0.3, -0.25) is 38.4 Å². The van der Waals surface area contributed by atoms with Gasteiger partial charge in [0.25, 0.3) is 0 Å². The molecule has 3 aliphatic rings. The van der Waals surface area contributed by atoms with E-state index < -0.39 is 115 Å². The molecule has 292 valence electrons. The van der Waals surface area contributed by atoms with E-state index in [-0.39, 0.29) is 25.1 Å². The summed E-state index contributed by atoms with van der Waals surface area (Å²) < 4.78 is 0. The van der Waals surface area contributed by atoms with Crippen molar-refractivity contribution in [3.05, 3.63) is 29.8 Å². The third kappa shape index (κ3) is 9.11. The van der Waals surface area contributed by atoms with Crippen LogP contribution in [0, 0.1) is 0 Å². The number of nitrogens with one attached hydrogen (secondary N) is 7. The zero-order valence-corrected chi connectivity index (χ0v) is 30.5. The molecular formula is C34H44N8O11S. The standard InChI is InChI=1S/C34H44N8O11S/c1-14-27(47)38-22-11-19-18-6-4-5-7-20(18)40-33(19)54-13-23(34(53)42-12-17(44)10-24(42)31(51)36-14)39-32(52)26(16(3)43)41-28(48)15(2)35-29(49)21(37-30(22)50)8-9-25(45)46/h4-7,14-17,21-24,26,40,43-44H,8-13H2,1-3H3,(H,35,49)(H,36,51)(H,37,50)(H,38,47)(H,39,52)(H,41,48)(H,45,46)/t14-,15-,16?,17-,21-,22?,23-,24-,26+/m0/s1. The van der Waals surface area contributed by atoms with Crippen molar-refractivity contribution < 1.29 is 53.7 Å². The molecule has 1 aromatic heterocycles. The third-order valence-electron chi connectivity index (χ3n) is 9.54. The fourth-order valence-corrected chi connectivity index (χ4v) is 7.68. The molecule has 3 aliphatic heterocycles. The molecule has 0 radical (unpaired) electrons. The Morgan fingerprint density at radius 1 is 0.852 bits per heavy atom. The summed E-state index contributed by atoms with van der Waals surface area (Å²) in [5.41, 5.74) is 1.15. The molecule has 1 saturated heterocycles. The van der Waals surface area contributed by atoms with Crippen LogP contribution in [0.4, 0.5) is 0 Å². The molecule has 2 aromatic rings. The van der Waals surface area contributed by atoms with Crippen LogP contribution < -0.4 is 31.9 Å². The molecule has 10 N–H and O–H groups in total. The van der Waals surface area contributed by atoms with E-state index in [0.717, 1.165) is 16.7 Å². The number of rotatable bonds is 4. The first-order chi connectivity index (χ1) is 25.5. The Morgan fingerprint density at radius 2 is 1.50 bits per heavy atom. The molecule has 0 saturated carbocycles. The number of hydrogen-bond acceptors (Lipinski definition) is 11. The van der Waals surface area contributed by atoms with Gasteiger partial charge in [-0.25, -0.2) is 0 Å². The highest BCUT2D eigenvalue weighted by atomic mass is 32.2. The number of amides is 7. The minimum absolute atomic E-state index is 0.171. The average Bonchev–Trinajstić information content (AvgIpc) is 3.68. The summed E-state index contributed by atoms with van der Waals surface area (Å²) >= 11 is 1.08. The first kappa shape index (κ1) is 40.0. The summed E-state index contributed by atoms with van der Waals surface area (Å²) in [5, 5.41) is 46.7. The van der Waals surface area contributed by atoms with Crippen molar-refractivity contribution in [2.75, 3.05) is 12.3 Å². The number of aliphatic hydroxyl groups excluding tert-OH is 2. The van der Waals surface area contributed by atoms with Crippen molar-refractivity contribution in [3.8, 4) is 0 Å². The molecule has 4 heterocycles. The summed E-state index contributed by atoms with van der Waals surface area (Å²) in [6, 6.07) is -2.79. The minimum atomic E-state index is -1.64. The molecule has 1 fully saturated rings. The van der Waals surface area contributed by atoms with Gasteiger partial charge < -0.3 is 57.1 Å². The maximum absolute atomic E-state index is 14.3. The Labute approximate surface area is 313 Å². The molecule has 1 aromatic carbocycles. The van der Waals surface area contributed by atoms with Gasteiger partial charge in [-0.15, -0.1) is 11.8 Å². The minimum Gasteiger partial charge on any atom is -0.481 e. The summed E-state index contributed by atoms with van der Waals surface area (Å²) in [4.78, 5) is 112. The highest BCUT2D eigenvalue weighted by molar-refractivity contribution is 7.99. The normalized spacial score (nSPS) is 29.8. The Kier molecular flexibility index (Phi) is 12.5. The zero-order valence-electron chi connectivity index (χ0n) is 29.7. The van der Waals surface area contributed by atoms with Crippen LogP contribution in [0.5, 0.6) is 0 Å². The van der Waals surface area contributed by atoms with Crippen molar-refractivity contribution in [3.63, 3.8) is 0 Å². The van der Waals surface area contributed by atoms with E-state index in [1.807, 2.05) is 0 Å². The number of carbonyl (C=O) groups excluding carboxylic acids is 7. The fourth-order valence-electron chi connectivity index (χ4n) is 6.57. The van der Waals surface area contributed by atoms with Crippen LogP contribution in [0.3, 0.4) is 0 Å². The Hall–Kier alpha value is -5.21. The number of aromatic amines is 1. The highest BCUT2D eigenvalue weighted by Gasteiger charge is 2.43. The molecule has 7 amide bonds. The van der Waals surface area contributed by atoms with Gasteiger partial charge in [0.1, 0.15) is 42.3 Å². The number of carboxylic acid groups (broad SMARTS) is 1. The molecular weight excluding hydrogens is 728 g/mol. The van der Waals surface area contributed by atoms with Crippen LogP contribution in [0.1, 0.15) is 45.6 Å². The van der Waals surface area contributed by atoms with Crippen LogP contribution in [-0.4, -0.2) is 139 Å². The lowest BCUT2D eigenvalue weighted by atomic mass is 10.0. The number of carbonyl (C=O) groups is 8. The van der Waals surface area contributed by atoms with Crippen LogP contribution in [0.25, 0.3) is 10.9 Å². The van der Waals surface area contributed by atoms with Gasteiger partial charge in [0, 0.05) is 42.5 Å². The monoisotopic (exact) mass is 772 g/mol. The molecule has 2 bridgehead atoms. The number of nitrogens with zero attached hydrogens (tertiary/aromatic N) is 1. The van der Waals surface area contributed by atoms with Crippen molar-refractivity contribution in [2.24, 2.45) is 0 Å². The predicted octanol–water partition coefficient (Wildman–Crippen LogP) is -3.01. The van der Waals surface area contributed by atoms with Crippen LogP contribution in [0.15, 0.2) is 29.3 Å².